The van der Waals surface area contributed by atoms with Crippen LogP contribution in [0, 0.1) is 116 Å². The van der Waals surface area contributed by atoms with Crippen LogP contribution in [0.2, 0.25) is 0 Å². The fourth-order valence-electron chi connectivity index (χ4n) is 5.78. The van der Waals surface area contributed by atoms with Crippen LogP contribution in [0.1, 0.15) is 5.56 Å². The third kappa shape index (κ3) is 6.75. The Bertz CT molecular complexity index is 1950. The molecule has 5 rings (SSSR count). The molecule has 0 N–H and O–H groups in total. The quantitative estimate of drug-likeness (QED) is 0.0537. The third-order valence-electron chi connectivity index (χ3n) is 8.01. The van der Waals surface area contributed by atoms with E-state index < -0.39 is 144 Å². The highest BCUT2D eigenvalue weighted by Crippen LogP contribution is 2.30. The van der Waals surface area contributed by atoms with E-state index in [9.17, 15) is 52.7 Å². The predicted molar refractivity (Wildman–Crippen MR) is 159 cm³/mol. The topological polar surface area (TPSA) is 0 Å². The molecule has 0 amide bonds. The average Bonchev–Trinajstić information content (AvgIpc) is 3.15. The summed E-state index contributed by atoms with van der Waals surface area (Å²) in [6, 6.07) is 10.6. The fourth-order valence-corrected chi connectivity index (χ4v) is 6.64. The van der Waals surface area contributed by atoms with Gasteiger partial charge in [0.15, 0.2) is 69.8 Å². The Labute approximate surface area is 297 Å². The molecule has 0 aliphatic carbocycles. The van der Waals surface area contributed by atoms with E-state index in [1.807, 2.05) is 0 Å². The summed E-state index contributed by atoms with van der Waals surface area (Å²) in [6.07, 6.45) is -2.68. The zero-order chi connectivity index (χ0) is 41.8. The Hall–Kier alpha value is -4.89. The summed E-state index contributed by atoms with van der Waals surface area (Å²) in [5.74, 6) is -70.2. The van der Waals surface area contributed by atoms with Crippen molar-refractivity contribution in [1.29, 1.82) is 0 Å². The van der Waals surface area contributed by atoms with E-state index >= 15 is 35.1 Å². The second-order valence-corrected chi connectivity index (χ2v) is 13.7. The molecule has 0 saturated heterocycles. The number of hydrogen-bond donors (Lipinski definition) is 0. The summed E-state index contributed by atoms with van der Waals surface area (Å²) in [7, 11) is 0.533. The molecule has 0 atom stereocenters. The number of rotatable bonds is 6. The fraction of sp³-hybridized carbons (Fsp3) is 0.0909. The summed E-state index contributed by atoms with van der Waals surface area (Å²) in [6.45, 7) is 0. The standard InChI is InChI=1S/C24BF20.C9H13S/c26-5-1(6(27)14(35)21(42)13(5)34)25(2-7(28)15(36)22(43)16(37)8(2)29,3-9(30)17(38)23(44)18(39)10(3)31)4-11(32)19(40)24(45)20(41)12(4)33;1-10(2)8-9-6-4-3-5-7-9/h;3-7H,8H2,1-2H3/q-1;+1. The van der Waals surface area contributed by atoms with Gasteiger partial charge in [-0.05, 0) is 10.9 Å². The molecule has 0 fully saturated rings. The van der Waals surface area contributed by atoms with Crippen LogP contribution in [-0.4, -0.2) is 18.7 Å². The van der Waals surface area contributed by atoms with Crippen LogP contribution in [-0.2, 0) is 16.6 Å². The molecule has 0 radical (unpaired) electrons. The van der Waals surface area contributed by atoms with Gasteiger partial charge in [0, 0.05) is 5.56 Å². The minimum Gasteiger partial charge on any atom is -0.207 e. The van der Waals surface area contributed by atoms with E-state index in [0.717, 1.165) is 0 Å². The van der Waals surface area contributed by atoms with Gasteiger partial charge < -0.3 is 0 Å². The lowest BCUT2D eigenvalue weighted by Crippen LogP contribution is -2.81. The largest absolute Gasteiger partial charge is 0.207 e. The van der Waals surface area contributed by atoms with Gasteiger partial charge in [0.05, 0.1) is 12.5 Å². The highest BCUT2D eigenvalue weighted by atomic mass is 32.2. The average molecular weight is 832 g/mol. The maximum absolute atomic E-state index is 15.4. The Balaban J connectivity index is 0.000000583. The third-order valence-corrected chi connectivity index (χ3v) is 8.92. The number of hydrogen-bond acceptors (Lipinski definition) is 0. The lowest BCUT2D eigenvalue weighted by molar-refractivity contribution is 0.378. The van der Waals surface area contributed by atoms with Gasteiger partial charge in [-0.1, -0.05) is 30.3 Å². The van der Waals surface area contributed by atoms with E-state index in [0.29, 0.717) is 10.9 Å². The highest BCUT2D eigenvalue weighted by Gasteiger charge is 2.52. The van der Waals surface area contributed by atoms with Crippen LogP contribution in [0.4, 0.5) is 87.8 Å². The van der Waals surface area contributed by atoms with Gasteiger partial charge in [-0.2, -0.15) is 0 Å². The van der Waals surface area contributed by atoms with Crippen LogP contribution in [0.5, 0.6) is 0 Å². The van der Waals surface area contributed by atoms with Crippen molar-refractivity contribution in [3.05, 3.63) is 152 Å². The van der Waals surface area contributed by atoms with Crippen molar-refractivity contribution in [3.8, 4) is 0 Å². The molecule has 0 bridgehead atoms. The number of benzene rings is 5. The second-order valence-electron chi connectivity index (χ2n) is 11.4. The first-order valence-corrected chi connectivity index (χ1v) is 16.5. The van der Waals surface area contributed by atoms with Crippen LogP contribution in [0.3, 0.4) is 0 Å². The van der Waals surface area contributed by atoms with Crippen LogP contribution in [0.25, 0.3) is 0 Å². The minimum atomic E-state index is -7.22. The maximum Gasteiger partial charge on any atom is 0.200 e. The van der Waals surface area contributed by atoms with Crippen LogP contribution < -0.4 is 21.9 Å². The monoisotopic (exact) mass is 832 g/mol. The molecule has 0 saturated carbocycles. The van der Waals surface area contributed by atoms with Crippen molar-refractivity contribution in [1.82, 2.24) is 0 Å². The summed E-state index contributed by atoms with van der Waals surface area (Å²) in [4.78, 5) is 0. The maximum atomic E-state index is 15.4. The first kappa shape index (κ1) is 42.9. The minimum absolute atomic E-state index is 0.533. The molecule has 22 heteroatoms. The van der Waals surface area contributed by atoms with Crippen molar-refractivity contribution in [2.24, 2.45) is 0 Å². The summed E-state index contributed by atoms with van der Waals surface area (Å²) < 4.78 is 294. The molecule has 5 aromatic rings. The van der Waals surface area contributed by atoms with E-state index in [-0.39, 0.29) is 0 Å². The van der Waals surface area contributed by atoms with Crippen molar-refractivity contribution >= 4 is 38.9 Å². The van der Waals surface area contributed by atoms with Gasteiger partial charge in [-0.3, -0.25) is 0 Å². The smallest absolute Gasteiger partial charge is 0.200 e. The van der Waals surface area contributed by atoms with Gasteiger partial charge >= 0.3 is 0 Å². The normalized spacial score (nSPS) is 11.7. The molecule has 0 aliphatic heterocycles. The molecule has 0 heterocycles. The van der Waals surface area contributed by atoms with Crippen LogP contribution in [0.15, 0.2) is 30.3 Å². The van der Waals surface area contributed by atoms with E-state index in [2.05, 4.69) is 42.8 Å². The van der Waals surface area contributed by atoms with E-state index in [1.54, 1.807) is 0 Å². The van der Waals surface area contributed by atoms with Gasteiger partial charge in [0.2, 0.25) is 0 Å². The lowest BCUT2D eigenvalue weighted by atomic mass is 9.12. The van der Waals surface area contributed by atoms with Gasteiger partial charge in [-0.25, -0.2) is 87.8 Å². The molecule has 0 spiro atoms. The SMILES string of the molecule is C[S+](C)Cc1ccccc1.Fc1c(F)c(F)c([B-](c2c(F)c(F)c(F)c(F)c2F)(c2c(F)c(F)c(F)c(F)c2F)c2c(F)c(F)c(F)c(F)c2F)c(F)c1F. The van der Waals surface area contributed by atoms with E-state index in [1.165, 1.54) is 11.3 Å². The molecular formula is C33H13BF20S. The predicted octanol–water partition coefficient (Wildman–Crippen LogP) is 7.91. The lowest BCUT2D eigenvalue weighted by Gasteiger charge is -2.44. The summed E-state index contributed by atoms with van der Waals surface area (Å²) in [5, 5.41) is 0. The molecule has 0 aliphatic rings. The highest BCUT2D eigenvalue weighted by molar-refractivity contribution is 7.94. The Morgan fingerprint density at radius 2 is 0.491 bits per heavy atom. The van der Waals surface area contributed by atoms with Gasteiger partial charge in [0.1, 0.15) is 58.4 Å². The molecule has 0 nitrogen and oxygen atoms in total. The van der Waals surface area contributed by atoms with Crippen molar-refractivity contribution < 1.29 is 87.8 Å². The molecule has 0 unspecified atom stereocenters. The Morgan fingerprint density at radius 1 is 0.309 bits per heavy atom. The zero-order valence-electron chi connectivity index (χ0n) is 26.6. The molecule has 294 valence electrons. The van der Waals surface area contributed by atoms with Gasteiger partial charge in [-0.15, -0.1) is 21.9 Å². The summed E-state index contributed by atoms with van der Waals surface area (Å²) >= 11 is 0. The molecule has 55 heavy (non-hydrogen) atoms. The Kier molecular flexibility index (Phi) is 12.2. The van der Waals surface area contributed by atoms with Crippen molar-refractivity contribution in [2.75, 3.05) is 12.5 Å². The first-order chi connectivity index (χ1) is 25.5. The molecule has 0 aromatic heterocycles. The second kappa shape index (κ2) is 15.7. The Morgan fingerprint density at radius 3 is 0.673 bits per heavy atom. The molecule has 5 aromatic carbocycles. The van der Waals surface area contributed by atoms with Crippen LogP contribution >= 0.6 is 0 Å². The molecular weight excluding hydrogens is 819 g/mol. The summed E-state index contributed by atoms with van der Waals surface area (Å²) in [5.41, 5.74) is -12.9. The van der Waals surface area contributed by atoms with Crippen molar-refractivity contribution in [2.45, 2.75) is 5.75 Å². The van der Waals surface area contributed by atoms with E-state index in [4.69, 9.17) is 0 Å². The number of halogens is 20. The van der Waals surface area contributed by atoms with Gasteiger partial charge in [0.25, 0.3) is 0 Å². The first-order valence-electron chi connectivity index (χ1n) is 14.3. The van der Waals surface area contributed by atoms with Crippen molar-refractivity contribution in [3.63, 3.8) is 0 Å². The zero-order valence-corrected chi connectivity index (χ0v) is 27.5.